The number of rotatable bonds is 7. The predicted octanol–water partition coefficient (Wildman–Crippen LogP) is 0.665. The summed E-state index contributed by atoms with van der Waals surface area (Å²) in [6, 6.07) is 0.268. The molecule has 1 fully saturated rings. The van der Waals surface area contributed by atoms with E-state index in [1.165, 1.54) is 0 Å². The van der Waals surface area contributed by atoms with Crippen LogP contribution < -0.4 is 15.0 Å². The first-order valence-corrected chi connectivity index (χ1v) is 6.82. The highest BCUT2D eigenvalue weighted by molar-refractivity contribution is 5.39. The Morgan fingerprint density at radius 1 is 1.26 bits per heavy atom. The second-order valence-corrected chi connectivity index (χ2v) is 4.43. The molecule has 7 heteroatoms. The smallest absolute Gasteiger partial charge is 0.323 e. The fraction of sp³-hybridized carbons (Fsp3) is 0.750. The Morgan fingerprint density at radius 2 is 2.05 bits per heavy atom. The van der Waals surface area contributed by atoms with Crippen molar-refractivity contribution in [3.05, 3.63) is 0 Å². The molecule has 1 saturated heterocycles. The summed E-state index contributed by atoms with van der Waals surface area (Å²) in [7, 11) is 0. The molecule has 1 aromatic heterocycles. The fourth-order valence-corrected chi connectivity index (χ4v) is 1.92. The molecule has 0 bridgehead atoms. The van der Waals surface area contributed by atoms with Crippen LogP contribution in [0.4, 0.5) is 11.9 Å². The second-order valence-electron chi connectivity index (χ2n) is 4.43. The van der Waals surface area contributed by atoms with Crippen LogP contribution in [0.15, 0.2) is 0 Å². The summed E-state index contributed by atoms with van der Waals surface area (Å²) >= 11 is 0. The standard InChI is InChI=1S/C12H21N5O2/c1-2-5-13-10-14-11(17-6-3-4-7-17)16-12(15-10)19-9-8-18/h18H,2-9H2,1H3,(H,13,14,15,16). The largest absolute Gasteiger partial charge is 0.461 e. The van der Waals surface area contributed by atoms with Gasteiger partial charge >= 0.3 is 6.01 Å². The lowest BCUT2D eigenvalue weighted by atomic mass is 10.4. The zero-order chi connectivity index (χ0) is 13.5. The van der Waals surface area contributed by atoms with E-state index in [9.17, 15) is 0 Å². The SMILES string of the molecule is CCCNc1nc(OCCO)nc(N2CCCC2)n1. The third-order valence-electron chi connectivity index (χ3n) is 2.85. The number of anilines is 2. The molecular weight excluding hydrogens is 246 g/mol. The minimum Gasteiger partial charge on any atom is -0.461 e. The van der Waals surface area contributed by atoms with Crippen LogP contribution in [0.1, 0.15) is 26.2 Å². The van der Waals surface area contributed by atoms with E-state index < -0.39 is 0 Å². The minimum absolute atomic E-state index is 0.0531. The molecule has 0 saturated carbocycles. The van der Waals surface area contributed by atoms with E-state index in [0.717, 1.165) is 38.9 Å². The zero-order valence-electron chi connectivity index (χ0n) is 11.3. The summed E-state index contributed by atoms with van der Waals surface area (Å²) in [5.41, 5.74) is 0. The molecular formula is C12H21N5O2. The summed E-state index contributed by atoms with van der Waals surface area (Å²) in [6.07, 6.45) is 3.32. The number of aliphatic hydroxyl groups excluding tert-OH is 1. The average Bonchev–Trinajstić information content (AvgIpc) is 2.97. The van der Waals surface area contributed by atoms with Crippen LogP contribution in [-0.4, -0.2) is 52.9 Å². The molecule has 0 aromatic carbocycles. The summed E-state index contributed by atoms with van der Waals surface area (Å²) in [5, 5.41) is 11.9. The number of hydrogen-bond acceptors (Lipinski definition) is 7. The van der Waals surface area contributed by atoms with Gasteiger partial charge in [0, 0.05) is 19.6 Å². The summed E-state index contributed by atoms with van der Waals surface area (Å²) in [4.78, 5) is 15.0. The van der Waals surface area contributed by atoms with Crippen molar-refractivity contribution in [3.8, 4) is 6.01 Å². The van der Waals surface area contributed by atoms with Crippen LogP contribution in [-0.2, 0) is 0 Å². The van der Waals surface area contributed by atoms with E-state index in [4.69, 9.17) is 9.84 Å². The van der Waals surface area contributed by atoms with E-state index in [1.54, 1.807) is 0 Å². The highest BCUT2D eigenvalue weighted by Gasteiger charge is 2.17. The van der Waals surface area contributed by atoms with Crippen molar-refractivity contribution in [3.63, 3.8) is 0 Å². The lowest BCUT2D eigenvalue weighted by Gasteiger charge is -2.16. The molecule has 0 spiro atoms. The van der Waals surface area contributed by atoms with Gasteiger partial charge in [-0.15, -0.1) is 0 Å². The second kappa shape index (κ2) is 7.08. The van der Waals surface area contributed by atoms with Crippen LogP contribution in [0.25, 0.3) is 0 Å². The Labute approximate surface area is 113 Å². The first-order valence-electron chi connectivity index (χ1n) is 6.82. The highest BCUT2D eigenvalue weighted by atomic mass is 16.5. The third kappa shape index (κ3) is 3.92. The molecule has 0 radical (unpaired) electrons. The van der Waals surface area contributed by atoms with E-state index in [0.29, 0.717) is 11.9 Å². The van der Waals surface area contributed by atoms with Crippen molar-refractivity contribution >= 4 is 11.9 Å². The first-order chi connectivity index (χ1) is 9.33. The molecule has 19 heavy (non-hydrogen) atoms. The maximum Gasteiger partial charge on any atom is 0.323 e. The zero-order valence-corrected chi connectivity index (χ0v) is 11.3. The van der Waals surface area contributed by atoms with Crippen molar-refractivity contribution in [2.45, 2.75) is 26.2 Å². The van der Waals surface area contributed by atoms with Crippen molar-refractivity contribution in [2.24, 2.45) is 0 Å². The normalized spacial score (nSPS) is 14.7. The molecule has 1 aromatic rings. The fourth-order valence-electron chi connectivity index (χ4n) is 1.92. The van der Waals surface area contributed by atoms with Gasteiger partial charge in [-0.05, 0) is 19.3 Å². The van der Waals surface area contributed by atoms with Gasteiger partial charge in [0.25, 0.3) is 0 Å². The quantitative estimate of drug-likeness (QED) is 0.751. The minimum atomic E-state index is -0.0531. The van der Waals surface area contributed by atoms with E-state index in [2.05, 4.69) is 32.1 Å². The van der Waals surface area contributed by atoms with E-state index in [1.807, 2.05) is 0 Å². The van der Waals surface area contributed by atoms with E-state index >= 15 is 0 Å². The molecule has 0 unspecified atom stereocenters. The van der Waals surface area contributed by atoms with Crippen LogP contribution in [0, 0.1) is 0 Å². The number of aliphatic hydroxyl groups is 1. The third-order valence-corrected chi connectivity index (χ3v) is 2.85. The van der Waals surface area contributed by atoms with Crippen molar-refractivity contribution in [1.29, 1.82) is 0 Å². The number of hydrogen-bond donors (Lipinski definition) is 2. The van der Waals surface area contributed by atoms with Gasteiger partial charge in [-0.1, -0.05) is 6.92 Å². The summed E-state index contributed by atoms with van der Waals surface area (Å²) in [5.74, 6) is 1.19. The number of ether oxygens (including phenoxy) is 1. The topological polar surface area (TPSA) is 83.4 Å². The lowest BCUT2D eigenvalue weighted by molar-refractivity contribution is 0.191. The molecule has 2 N–H and O–H groups in total. The molecule has 1 aliphatic rings. The average molecular weight is 267 g/mol. The van der Waals surface area contributed by atoms with Crippen LogP contribution in [0.2, 0.25) is 0 Å². The maximum atomic E-state index is 8.80. The van der Waals surface area contributed by atoms with Gasteiger partial charge in [0.05, 0.1) is 6.61 Å². The summed E-state index contributed by atoms with van der Waals surface area (Å²) < 4.78 is 5.30. The molecule has 0 amide bonds. The van der Waals surface area contributed by atoms with Crippen molar-refractivity contribution in [2.75, 3.05) is 43.1 Å². The Hall–Kier alpha value is -1.63. The Morgan fingerprint density at radius 3 is 2.74 bits per heavy atom. The molecule has 106 valence electrons. The molecule has 2 heterocycles. The van der Waals surface area contributed by atoms with Gasteiger partial charge in [-0.2, -0.15) is 15.0 Å². The number of nitrogens with one attached hydrogen (secondary N) is 1. The van der Waals surface area contributed by atoms with Gasteiger partial charge in [0.15, 0.2) is 0 Å². The molecule has 2 rings (SSSR count). The summed E-state index contributed by atoms with van der Waals surface area (Å²) in [6.45, 7) is 4.97. The Kier molecular flexibility index (Phi) is 5.14. The number of aromatic nitrogens is 3. The van der Waals surface area contributed by atoms with E-state index in [-0.39, 0.29) is 19.2 Å². The predicted molar refractivity (Wildman–Crippen MR) is 72.6 cm³/mol. The number of nitrogens with zero attached hydrogens (tertiary/aromatic N) is 4. The van der Waals surface area contributed by atoms with Crippen LogP contribution >= 0.6 is 0 Å². The van der Waals surface area contributed by atoms with Gasteiger partial charge in [-0.3, -0.25) is 0 Å². The molecule has 1 aliphatic heterocycles. The molecule has 0 atom stereocenters. The first kappa shape index (κ1) is 13.8. The lowest BCUT2D eigenvalue weighted by Crippen LogP contribution is -2.22. The van der Waals surface area contributed by atoms with Crippen molar-refractivity contribution in [1.82, 2.24) is 15.0 Å². The van der Waals surface area contributed by atoms with Gasteiger partial charge in [-0.25, -0.2) is 0 Å². The van der Waals surface area contributed by atoms with Gasteiger partial charge < -0.3 is 20.1 Å². The monoisotopic (exact) mass is 267 g/mol. The van der Waals surface area contributed by atoms with Crippen LogP contribution in [0.3, 0.4) is 0 Å². The Balaban J connectivity index is 2.14. The maximum absolute atomic E-state index is 8.80. The molecule has 7 nitrogen and oxygen atoms in total. The van der Waals surface area contributed by atoms with Crippen LogP contribution in [0.5, 0.6) is 6.01 Å². The van der Waals surface area contributed by atoms with Gasteiger partial charge in [0.1, 0.15) is 6.61 Å². The highest BCUT2D eigenvalue weighted by Crippen LogP contribution is 2.19. The van der Waals surface area contributed by atoms with Gasteiger partial charge in [0.2, 0.25) is 11.9 Å². The Bertz CT molecular complexity index is 369. The van der Waals surface area contributed by atoms with Crippen molar-refractivity contribution < 1.29 is 9.84 Å². The molecule has 0 aliphatic carbocycles.